The highest BCUT2D eigenvalue weighted by molar-refractivity contribution is 9.10. The van der Waals surface area contributed by atoms with Gasteiger partial charge in [0.05, 0.1) is 10.0 Å². The van der Waals surface area contributed by atoms with Crippen LogP contribution in [0.2, 0.25) is 0 Å². The maximum absolute atomic E-state index is 12.4. The molecule has 0 saturated carbocycles. The summed E-state index contributed by atoms with van der Waals surface area (Å²) in [5.41, 5.74) is 2.11. The fourth-order valence-electron chi connectivity index (χ4n) is 3.11. The summed E-state index contributed by atoms with van der Waals surface area (Å²) in [5.74, 6) is 1.25. The van der Waals surface area contributed by atoms with Gasteiger partial charge in [-0.15, -0.1) is 0 Å². The highest BCUT2D eigenvalue weighted by Crippen LogP contribution is 2.33. The van der Waals surface area contributed by atoms with Crippen molar-refractivity contribution in [2.75, 3.05) is 13.2 Å². The first kappa shape index (κ1) is 21.4. The number of thioether (sulfide) groups is 1. The third-order valence-corrected chi connectivity index (χ3v) is 6.17. The normalized spacial score (nSPS) is 16.9. The largest absolute Gasteiger partial charge is 0.490 e. The number of benzene rings is 2. The zero-order valence-electron chi connectivity index (χ0n) is 17.0. The summed E-state index contributed by atoms with van der Waals surface area (Å²) in [5, 5.41) is 8.92. The highest BCUT2D eigenvalue weighted by Gasteiger charge is 2.32. The number of amides is 1. The molecule has 0 atom stereocenters. The predicted octanol–water partition coefficient (Wildman–Crippen LogP) is 5.38. The van der Waals surface area contributed by atoms with Gasteiger partial charge in [-0.1, -0.05) is 36.0 Å². The molecule has 1 N–H and O–H groups in total. The second-order valence-electron chi connectivity index (χ2n) is 6.97. The number of allylic oxidation sites excluding steroid dienone is 1. The number of fused-ring (bicyclic) bond motifs is 1. The Morgan fingerprint density at radius 3 is 2.61 bits per heavy atom. The number of rotatable bonds is 6. The summed E-state index contributed by atoms with van der Waals surface area (Å²) in [4.78, 5) is 19.1. The number of ether oxygens (including phenoxy) is 2. The van der Waals surface area contributed by atoms with E-state index in [-0.39, 0.29) is 11.4 Å². The van der Waals surface area contributed by atoms with E-state index in [1.807, 2.05) is 62.5 Å². The average molecular weight is 498 g/mol. The second kappa shape index (κ2) is 9.11. The molecule has 2 aromatic rings. The number of aliphatic imine (C=N–C) groups is 1. The maximum atomic E-state index is 12.4. The van der Waals surface area contributed by atoms with Gasteiger partial charge in [0.15, 0.2) is 5.17 Å². The summed E-state index contributed by atoms with van der Waals surface area (Å²) in [7, 11) is 0. The van der Waals surface area contributed by atoms with Crippen LogP contribution in [0.4, 0.5) is 0 Å². The zero-order chi connectivity index (χ0) is 22.0. The molecule has 0 bridgehead atoms. The van der Waals surface area contributed by atoms with Crippen LogP contribution in [0, 0.1) is 12.3 Å². The van der Waals surface area contributed by atoms with Gasteiger partial charge < -0.3 is 9.47 Å². The molecule has 0 fully saturated rings. The van der Waals surface area contributed by atoms with Crippen molar-refractivity contribution in [2.45, 2.75) is 13.8 Å². The Bertz CT molecular complexity index is 1160. The van der Waals surface area contributed by atoms with Crippen molar-refractivity contribution >= 4 is 50.7 Å². The number of amidine groups is 2. The van der Waals surface area contributed by atoms with Crippen molar-refractivity contribution in [1.29, 1.82) is 5.41 Å². The Kier molecular flexibility index (Phi) is 6.29. The summed E-state index contributed by atoms with van der Waals surface area (Å²) in [6, 6.07) is 13.4. The molecule has 2 aliphatic heterocycles. The van der Waals surface area contributed by atoms with Gasteiger partial charge in [0, 0.05) is 11.1 Å². The standard InChI is InChI=1S/C23H20BrN3O3S/c1-14-5-3-4-6-19(14)29-9-10-30-20-8-7-16(12-18(20)24)11-17-21(25)27-13-15(2)31-23(27)26-22(17)28/h3-8,11-13,25H,9-10H2,1-2H3/b17-11-,25-21?. The van der Waals surface area contributed by atoms with Crippen LogP contribution in [0.15, 0.2) is 68.6 Å². The van der Waals surface area contributed by atoms with Gasteiger partial charge in [0.1, 0.15) is 30.5 Å². The van der Waals surface area contributed by atoms with E-state index < -0.39 is 5.91 Å². The molecule has 0 aliphatic carbocycles. The lowest BCUT2D eigenvalue weighted by atomic mass is 10.1. The van der Waals surface area contributed by atoms with Crippen molar-refractivity contribution in [3.8, 4) is 11.5 Å². The third kappa shape index (κ3) is 4.75. The van der Waals surface area contributed by atoms with E-state index >= 15 is 0 Å². The van der Waals surface area contributed by atoms with Crippen LogP contribution in [-0.2, 0) is 4.79 Å². The lowest BCUT2D eigenvalue weighted by Crippen LogP contribution is -2.35. The summed E-state index contributed by atoms with van der Waals surface area (Å²) >= 11 is 4.91. The monoisotopic (exact) mass is 497 g/mol. The number of carbonyl (C=O) groups excluding carboxylic acids is 1. The molecule has 0 spiro atoms. The lowest BCUT2D eigenvalue weighted by Gasteiger charge is -2.22. The molecule has 2 heterocycles. The first-order valence-electron chi connectivity index (χ1n) is 9.62. The third-order valence-electron chi connectivity index (χ3n) is 4.65. The number of nitrogens with zero attached hydrogens (tertiary/aromatic N) is 2. The molecular weight excluding hydrogens is 478 g/mol. The minimum Gasteiger partial charge on any atom is -0.490 e. The van der Waals surface area contributed by atoms with E-state index in [1.165, 1.54) is 11.8 Å². The van der Waals surface area contributed by atoms with Crippen LogP contribution in [0.5, 0.6) is 11.5 Å². The van der Waals surface area contributed by atoms with E-state index in [9.17, 15) is 4.79 Å². The Labute approximate surface area is 193 Å². The molecule has 0 unspecified atom stereocenters. The van der Waals surface area contributed by atoms with Crippen LogP contribution in [0.25, 0.3) is 6.08 Å². The molecule has 8 heteroatoms. The molecule has 6 nitrogen and oxygen atoms in total. The van der Waals surface area contributed by atoms with Crippen molar-refractivity contribution in [3.63, 3.8) is 0 Å². The first-order valence-corrected chi connectivity index (χ1v) is 11.2. The Morgan fingerprint density at radius 1 is 1.13 bits per heavy atom. The molecular formula is C23H20BrN3O3S. The van der Waals surface area contributed by atoms with Gasteiger partial charge in [-0.2, -0.15) is 4.99 Å². The number of hydrogen-bond donors (Lipinski definition) is 1. The van der Waals surface area contributed by atoms with Crippen LogP contribution in [0.3, 0.4) is 0 Å². The second-order valence-corrected chi connectivity index (χ2v) is 9.04. The molecule has 0 saturated heterocycles. The van der Waals surface area contributed by atoms with Gasteiger partial charge in [0.2, 0.25) is 0 Å². The van der Waals surface area contributed by atoms with Gasteiger partial charge in [0.25, 0.3) is 5.91 Å². The Morgan fingerprint density at radius 2 is 1.87 bits per heavy atom. The fraction of sp³-hybridized carbons (Fsp3) is 0.174. The number of carbonyl (C=O) groups is 1. The predicted molar refractivity (Wildman–Crippen MR) is 128 cm³/mol. The Balaban J connectivity index is 1.41. The van der Waals surface area contributed by atoms with Gasteiger partial charge in [-0.3, -0.25) is 15.1 Å². The molecule has 2 aromatic carbocycles. The molecule has 1 amide bonds. The summed E-state index contributed by atoms with van der Waals surface area (Å²) < 4.78 is 12.3. The topological polar surface area (TPSA) is 75.0 Å². The molecule has 0 radical (unpaired) electrons. The van der Waals surface area contributed by atoms with E-state index in [0.717, 1.165) is 26.3 Å². The SMILES string of the molecule is CC1=CN2C(=N)/C(=C/c3ccc(OCCOc4ccccc4C)c(Br)c3)C(=O)N=C2S1. The van der Waals surface area contributed by atoms with Crippen LogP contribution in [0.1, 0.15) is 18.1 Å². The average Bonchev–Trinajstić information content (AvgIpc) is 3.11. The molecule has 0 aromatic heterocycles. The molecule has 31 heavy (non-hydrogen) atoms. The quantitative estimate of drug-likeness (QED) is 0.428. The van der Waals surface area contributed by atoms with Crippen LogP contribution in [-0.4, -0.2) is 35.0 Å². The van der Waals surface area contributed by atoms with Gasteiger partial charge >= 0.3 is 0 Å². The number of hydrogen-bond acceptors (Lipinski definition) is 5. The number of para-hydroxylation sites is 1. The van der Waals surface area contributed by atoms with E-state index in [0.29, 0.717) is 24.1 Å². The number of aryl methyl sites for hydroxylation is 1. The fourth-order valence-corrected chi connectivity index (χ4v) is 4.44. The van der Waals surface area contributed by atoms with Crippen molar-refractivity contribution in [1.82, 2.24) is 4.90 Å². The zero-order valence-corrected chi connectivity index (χ0v) is 19.4. The Hall–Kier alpha value is -2.84. The summed E-state index contributed by atoms with van der Waals surface area (Å²) in [6.45, 7) is 4.75. The first-order chi connectivity index (χ1) is 14.9. The maximum Gasteiger partial charge on any atom is 0.283 e. The van der Waals surface area contributed by atoms with Crippen molar-refractivity contribution < 1.29 is 14.3 Å². The minimum absolute atomic E-state index is 0.129. The highest BCUT2D eigenvalue weighted by atomic mass is 79.9. The van der Waals surface area contributed by atoms with Gasteiger partial charge in [-0.25, -0.2) is 0 Å². The van der Waals surface area contributed by atoms with E-state index in [1.54, 1.807) is 11.0 Å². The van der Waals surface area contributed by atoms with Gasteiger partial charge in [-0.05, 0) is 65.2 Å². The number of halogens is 1. The molecule has 4 rings (SSSR count). The van der Waals surface area contributed by atoms with Crippen molar-refractivity contribution in [3.05, 3.63) is 74.7 Å². The van der Waals surface area contributed by atoms with E-state index in [2.05, 4.69) is 20.9 Å². The smallest absolute Gasteiger partial charge is 0.283 e. The van der Waals surface area contributed by atoms with Crippen LogP contribution >= 0.6 is 27.7 Å². The van der Waals surface area contributed by atoms with Crippen molar-refractivity contribution in [2.24, 2.45) is 4.99 Å². The lowest BCUT2D eigenvalue weighted by molar-refractivity contribution is -0.114. The van der Waals surface area contributed by atoms with E-state index in [4.69, 9.17) is 14.9 Å². The number of nitrogens with one attached hydrogen (secondary N) is 1. The summed E-state index contributed by atoms with van der Waals surface area (Å²) in [6.07, 6.45) is 3.49. The van der Waals surface area contributed by atoms with Crippen LogP contribution < -0.4 is 9.47 Å². The molecule has 2 aliphatic rings. The molecule has 158 valence electrons. The minimum atomic E-state index is -0.406.